The van der Waals surface area contributed by atoms with Gasteiger partial charge in [0.05, 0.1) is 6.10 Å². The Hall–Kier alpha value is -0.0800. The summed E-state index contributed by atoms with van der Waals surface area (Å²) in [7, 11) is 0. The molecular formula is C14H27NO. The molecule has 0 radical (unpaired) electrons. The zero-order valence-corrected chi connectivity index (χ0v) is 10.7. The van der Waals surface area contributed by atoms with Gasteiger partial charge in [-0.15, -0.1) is 0 Å². The Labute approximate surface area is 100 Å². The molecule has 0 aromatic heterocycles. The molecule has 2 fully saturated rings. The molecule has 1 saturated carbocycles. The molecule has 1 aliphatic carbocycles. The van der Waals surface area contributed by atoms with E-state index in [9.17, 15) is 5.11 Å². The SMILES string of the molecule is CC1CCCCN1CC(O)CC1CCCC1. The molecule has 0 spiro atoms. The van der Waals surface area contributed by atoms with E-state index in [0.29, 0.717) is 6.04 Å². The number of nitrogens with zero attached hydrogens (tertiary/aromatic N) is 1. The van der Waals surface area contributed by atoms with Crippen LogP contribution in [0.15, 0.2) is 0 Å². The average Bonchev–Trinajstić information content (AvgIpc) is 2.74. The molecule has 16 heavy (non-hydrogen) atoms. The molecule has 1 heterocycles. The summed E-state index contributed by atoms with van der Waals surface area (Å²) in [4.78, 5) is 2.49. The molecule has 2 aliphatic rings. The van der Waals surface area contributed by atoms with Crippen LogP contribution in [0.2, 0.25) is 0 Å². The molecule has 0 aromatic carbocycles. The monoisotopic (exact) mass is 225 g/mol. The second kappa shape index (κ2) is 6.02. The van der Waals surface area contributed by atoms with Gasteiger partial charge in [0.15, 0.2) is 0 Å². The molecule has 0 amide bonds. The summed E-state index contributed by atoms with van der Waals surface area (Å²) < 4.78 is 0. The quantitative estimate of drug-likeness (QED) is 0.795. The van der Waals surface area contributed by atoms with Crippen molar-refractivity contribution in [1.29, 1.82) is 0 Å². The summed E-state index contributed by atoms with van der Waals surface area (Å²) >= 11 is 0. The number of β-amino-alcohol motifs (C(OH)–C–C–N with tert-alkyl or cyclic N) is 1. The van der Waals surface area contributed by atoms with Crippen molar-refractivity contribution in [2.45, 2.75) is 70.4 Å². The summed E-state index contributed by atoms with van der Waals surface area (Å²) in [5.41, 5.74) is 0. The van der Waals surface area contributed by atoms with Crippen molar-refractivity contribution >= 4 is 0 Å². The maximum absolute atomic E-state index is 10.1. The van der Waals surface area contributed by atoms with E-state index in [-0.39, 0.29) is 6.10 Å². The fourth-order valence-corrected chi connectivity index (χ4v) is 3.40. The van der Waals surface area contributed by atoms with E-state index in [4.69, 9.17) is 0 Å². The topological polar surface area (TPSA) is 23.5 Å². The first-order chi connectivity index (χ1) is 7.75. The normalized spacial score (nSPS) is 30.8. The molecule has 0 bridgehead atoms. The standard InChI is InChI=1S/C14H27NO/c1-12-6-4-5-9-15(12)11-14(16)10-13-7-2-3-8-13/h12-14,16H,2-11H2,1H3. The second-order valence-electron chi connectivity index (χ2n) is 5.88. The van der Waals surface area contributed by atoms with Gasteiger partial charge in [0, 0.05) is 12.6 Å². The zero-order valence-electron chi connectivity index (χ0n) is 10.7. The molecule has 2 heteroatoms. The lowest BCUT2D eigenvalue weighted by atomic mass is 9.98. The Morgan fingerprint density at radius 2 is 1.81 bits per heavy atom. The first-order valence-electron chi connectivity index (χ1n) is 7.18. The fraction of sp³-hybridized carbons (Fsp3) is 1.00. The minimum Gasteiger partial charge on any atom is -0.392 e. The summed E-state index contributed by atoms with van der Waals surface area (Å²) in [5, 5.41) is 10.1. The van der Waals surface area contributed by atoms with Crippen molar-refractivity contribution in [1.82, 2.24) is 4.90 Å². The average molecular weight is 225 g/mol. The van der Waals surface area contributed by atoms with E-state index < -0.39 is 0 Å². The number of likely N-dealkylation sites (tertiary alicyclic amines) is 1. The Morgan fingerprint density at radius 3 is 2.50 bits per heavy atom. The second-order valence-corrected chi connectivity index (χ2v) is 5.88. The molecule has 2 unspecified atom stereocenters. The third kappa shape index (κ3) is 3.46. The Bertz CT molecular complexity index is 201. The van der Waals surface area contributed by atoms with Crippen molar-refractivity contribution in [2.24, 2.45) is 5.92 Å². The van der Waals surface area contributed by atoms with E-state index in [1.165, 1.54) is 51.5 Å². The minimum absolute atomic E-state index is 0.0800. The van der Waals surface area contributed by atoms with Gasteiger partial charge in [0.2, 0.25) is 0 Å². The highest BCUT2D eigenvalue weighted by Gasteiger charge is 2.23. The summed E-state index contributed by atoms with van der Waals surface area (Å²) in [6, 6.07) is 0.687. The zero-order chi connectivity index (χ0) is 11.4. The maximum Gasteiger partial charge on any atom is 0.0669 e. The number of hydrogen-bond donors (Lipinski definition) is 1. The first kappa shape index (κ1) is 12.4. The molecule has 2 nitrogen and oxygen atoms in total. The van der Waals surface area contributed by atoms with Crippen LogP contribution in [0.25, 0.3) is 0 Å². The van der Waals surface area contributed by atoms with E-state index in [1.54, 1.807) is 0 Å². The van der Waals surface area contributed by atoms with Gasteiger partial charge in [-0.3, -0.25) is 4.90 Å². The highest BCUT2D eigenvalue weighted by Crippen LogP contribution is 2.29. The number of hydrogen-bond acceptors (Lipinski definition) is 2. The Morgan fingerprint density at radius 1 is 1.12 bits per heavy atom. The number of aliphatic hydroxyl groups is 1. The third-order valence-electron chi connectivity index (χ3n) is 4.47. The van der Waals surface area contributed by atoms with Crippen molar-refractivity contribution in [2.75, 3.05) is 13.1 Å². The third-order valence-corrected chi connectivity index (χ3v) is 4.47. The minimum atomic E-state index is -0.0800. The van der Waals surface area contributed by atoms with E-state index in [1.807, 2.05) is 0 Å². The van der Waals surface area contributed by atoms with Crippen LogP contribution < -0.4 is 0 Å². The van der Waals surface area contributed by atoms with Crippen LogP contribution in [0.4, 0.5) is 0 Å². The van der Waals surface area contributed by atoms with Crippen LogP contribution in [-0.4, -0.2) is 35.2 Å². The van der Waals surface area contributed by atoms with Gasteiger partial charge in [-0.05, 0) is 38.6 Å². The largest absolute Gasteiger partial charge is 0.392 e. The van der Waals surface area contributed by atoms with E-state index >= 15 is 0 Å². The Balaban J connectivity index is 1.70. The van der Waals surface area contributed by atoms with Crippen LogP contribution in [0.1, 0.15) is 58.3 Å². The molecule has 94 valence electrons. The van der Waals surface area contributed by atoms with Crippen molar-refractivity contribution in [3.8, 4) is 0 Å². The van der Waals surface area contributed by atoms with Crippen molar-refractivity contribution < 1.29 is 5.11 Å². The summed E-state index contributed by atoms with van der Waals surface area (Å²) in [6.45, 7) is 4.42. The summed E-state index contributed by atoms with van der Waals surface area (Å²) in [6.07, 6.45) is 10.5. The van der Waals surface area contributed by atoms with Crippen molar-refractivity contribution in [3.63, 3.8) is 0 Å². The molecule has 2 rings (SSSR count). The highest BCUT2D eigenvalue weighted by atomic mass is 16.3. The van der Waals surface area contributed by atoms with Gasteiger partial charge in [-0.2, -0.15) is 0 Å². The summed E-state index contributed by atoms with van der Waals surface area (Å²) in [5.74, 6) is 0.815. The molecule has 0 aromatic rings. The van der Waals surface area contributed by atoms with Gasteiger partial charge < -0.3 is 5.11 Å². The molecule has 1 saturated heterocycles. The predicted molar refractivity (Wildman–Crippen MR) is 67.5 cm³/mol. The lowest BCUT2D eigenvalue weighted by molar-refractivity contribution is 0.0593. The molecule has 1 aliphatic heterocycles. The van der Waals surface area contributed by atoms with Crippen molar-refractivity contribution in [3.05, 3.63) is 0 Å². The highest BCUT2D eigenvalue weighted by molar-refractivity contribution is 4.78. The van der Waals surface area contributed by atoms with Gasteiger partial charge >= 0.3 is 0 Å². The van der Waals surface area contributed by atoms with Gasteiger partial charge in [-0.1, -0.05) is 32.1 Å². The van der Waals surface area contributed by atoms with Gasteiger partial charge in [0.1, 0.15) is 0 Å². The van der Waals surface area contributed by atoms with Gasteiger partial charge in [-0.25, -0.2) is 0 Å². The van der Waals surface area contributed by atoms with Crippen LogP contribution >= 0.6 is 0 Å². The molecule has 2 atom stereocenters. The smallest absolute Gasteiger partial charge is 0.0669 e. The lowest BCUT2D eigenvalue weighted by Crippen LogP contribution is -2.42. The van der Waals surface area contributed by atoms with Crippen LogP contribution in [0.5, 0.6) is 0 Å². The van der Waals surface area contributed by atoms with Gasteiger partial charge in [0.25, 0.3) is 0 Å². The number of rotatable bonds is 4. The van der Waals surface area contributed by atoms with E-state index in [2.05, 4.69) is 11.8 Å². The fourth-order valence-electron chi connectivity index (χ4n) is 3.40. The van der Waals surface area contributed by atoms with Crippen LogP contribution in [-0.2, 0) is 0 Å². The number of aliphatic hydroxyl groups excluding tert-OH is 1. The Kier molecular flexibility index (Phi) is 4.66. The first-order valence-corrected chi connectivity index (χ1v) is 7.18. The maximum atomic E-state index is 10.1. The van der Waals surface area contributed by atoms with E-state index in [0.717, 1.165) is 18.9 Å². The lowest BCUT2D eigenvalue weighted by Gasteiger charge is -2.35. The molecule has 1 N–H and O–H groups in total. The number of piperidine rings is 1. The van der Waals surface area contributed by atoms with Crippen LogP contribution in [0.3, 0.4) is 0 Å². The predicted octanol–water partition coefficient (Wildman–Crippen LogP) is 2.80. The van der Waals surface area contributed by atoms with Crippen LogP contribution in [0, 0.1) is 5.92 Å². The molecular weight excluding hydrogens is 198 g/mol.